The number of halogens is 1. The first kappa shape index (κ1) is 27.3. The largest absolute Gasteiger partial charge is 0.379 e. The number of aromatic nitrogens is 1. The molecule has 1 aromatic heterocycles. The van der Waals surface area contributed by atoms with Gasteiger partial charge in [0.25, 0.3) is 0 Å². The van der Waals surface area contributed by atoms with Gasteiger partial charge in [-0.15, -0.1) is 35.9 Å². The second-order valence-electron chi connectivity index (χ2n) is 8.07. The molecular weight excluding hydrogens is 506 g/mol. The smallest absolute Gasteiger partial charge is 0.228 e. The number of ether oxygens (including phenoxy) is 1. The molecule has 1 fully saturated rings. The fourth-order valence-corrected chi connectivity index (χ4v) is 6.28. The minimum absolute atomic E-state index is 0. The van der Waals surface area contributed by atoms with Crippen molar-refractivity contribution in [2.24, 2.45) is 0 Å². The van der Waals surface area contributed by atoms with Gasteiger partial charge >= 0.3 is 0 Å². The zero-order chi connectivity index (χ0) is 23.0. The third-order valence-electron chi connectivity index (χ3n) is 5.69. The normalized spacial score (nSPS) is 14.2. The number of thiazole rings is 1. The van der Waals surface area contributed by atoms with Gasteiger partial charge in [-0.25, -0.2) is 4.98 Å². The van der Waals surface area contributed by atoms with Crippen molar-refractivity contribution in [2.75, 3.05) is 56.3 Å². The molecule has 0 aliphatic carbocycles. The van der Waals surface area contributed by atoms with Crippen molar-refractivity contribution in [3.63, 3.8) is 0 Å². The summed E-state index contributed by atoms with van der Waals surface area (Å²) in [5.41, 5.74) is 2.27. The summed E-state index contributed by atoms with van der Waals surface area (Å²) in [4.78, 5) is 25.0. The van der Waals surface area contributed by atoms with Crippen LogP contribution in [0.2, 0.25) is 0 Å². The van der Waals surface area contributed by atoms with Crippen LogP contribution in [0.4, 0.5) is 5.13 Å². The van der Waals surface area contributed by atoms with Gasteiger partial charge in [0.1, 0.15) is 0 Å². The Labute approximate surface area is 221 Å². The number of para-hydroxylation sites is 1. The second kappa shape index (κ2) is 13.7. The van der Waals surface area contributed by atoms with Crippen LogP contribution >= 0.6 is 47.3 Å². The molecule has 1 aliphatic heterocycles. The molecule has 0 N–H and O–H groups in total. The molecule has 0 saturated carbocycles. The maximum absolute atomic E-state index is 13.3. The van der Waals surface area contributed by atoms with Crippen molar-refractivity contribution in [3.05, 3.63) is 48.0 Å². The highest BCUT2D eigenvalue weighted by Gasteiger charge is 2.22. The molecule has 0 spiro atoms. The third-order valence-corrected chi connectivity index (χ3v) is 8.60. The van der Waals surface area contributed by atoms with Crippen LogP contribution in [0.5, 0.6) is 0 Å². The van der Waals surface area contributed by atoms with Crippen molar-refractivity contribution < 1.29 is 9.53 Å². The van der Waals surface area contributed by atoms with Crippen LogP contribution in [0, 0.1) is 6.92 Å². The number of anilines is 1. The van der Waals surface area contributed by atoms with Crippen LogP contribution in [0.1, 0.15) is 18.4 Å². The van der Waals surface area contributed by atoms with E-state index in [-0.39, 0.29) is 18.3 Å². The molecule has 0 unspecified atom stereocenters. The highest BCUT2D eigenvalue weighted by molar-refractivity contribution is 7.99. The fraction of sp³-hybridized carbons (Fsp3) is 0.440. The Morgan fingerprint density at radius 1 is 1.18 bits per heavy atom. The summed E-state index contributed by atoms with van der Waals surface area (Å²) in [6, 6.07) is 14.8. The molecule has 0 atom stereocenters. The lowest BCUT2D eigenvalue weighted by molar-refractivity contribution is -0.118. The maximum atomic E-state index is 13.3. The Balaban J connectivity index is 0.00000324. The Bertz CT molecular complexity index is 1060. The Morgan fingerprint density at radius 3 is 2.68 bits per heavy atom. The van der Waals surface area contributed by atoms with Crippen molar-refractivity contribution in [1.82, 2.24) is 9.88 Å². The van der Waals surface area contributed by atoms with Crippen LogP contribution in [-0.4, -0.2) is 67.2 Å². The monoisotopic (exact) mass is 537 g/mol. The summed E-state index contributed by atoms with van der Waals surface area (Å²) < 4.78 is 6.61. The summed E-state index contributed by atoms with van der Waals surface area (Å²) in [6.07, 6.45) is 3.46. The van der Waals surface area contributed by atoms with Crippen molar-refractivity contribution in [3.8, 4) is 0 Å². The van der Waals surface area contributed by atoms with Gasteiger partial charge in [-0.1, -0.05) is 35.1 Å². The molecule has 4 rings (SSSR count). The number of amides is 1. The molecule has 3 aromatic rings. The summed E-state index contributed by atoms with van der Waals surface area (Å²) >= 11 is 5.13. The van der Waals surface area contributed by atoms with Crippen molar-refractivity contribution >= 4 is 68.5 Å². The van der Waals surface area contributed by atoms with Gasteiger partial charge in [-0.2, -0.15) is 0 Å². The van der Waals surface area contributed by atoms with E-state index in [4.69, 9.17) is 9.72 Å². The van der Waals surface area contributed by atoms with E-state index in [9.17, 15) is 4.79 Å². The number of thioether (sulfide) groups is 2. The van der Waals surface area contributed by atoms with Gasteiger partial charge in [0, 0.05) is 42.4 Å². The molecule has 2 heterocycles. The minimum atomic E-state index is 0. The number of morpholine rings is 1. The summed E-state index contributed by atoms with van der Waals surface area (Å²) in [5.74, 6) is 1.10. The first-order valence-electron chi connectivity index (χ1n) is 11.4. The summed E-state index contributed by atoms with van der Waals surface area (Å²) in [5, 5.41) is 0.816. The quantitative estimate of drug-likeness (QED) is 0.234. The lowest BCUT2D eigenvalue weighted by Crippen LogP contribution is -2.43. The van der Waals surface area contributed by atoms with Crippen LogP contribution in [-0.2, 0) is 9.53 Å². The lowest BCUT2D eigenvalue weighted by Gasteiger charge is -2.29. The lowest BCUT2D eigenvalue weighted by atomic mass is 10.2. The Hall–Kier alpha value is -1.29. The van der Waals surface area contributed by atoms with Gasteiger partial charge < -0.3 is 4.74 Å². The van der Waals surface area contributed by atoms with Crippen LogP contribution in [0.25, 0.3) is 10.2 Å². The zero-order valence-electron chi connectivity index (χ0n) is 19.7. The maximum Gasteiger partial charge on any atom is 0.228 e. The zero-order valence-corrected chi connectivity index (χ0v) is 23.0. The van der Waals surface area contributed by atoms with E-state index in [1.165, 1.54) is 10.5 Å². The van der Waals surface area contributed by atoms with Gasteiger partial charge in [-0.3, -0.25) is 14.6 Å². The number of carbonyl (C=O) groups is 1. The summed E-state index contributed by atoms with van der Waals surface area (Å²) in [7, 11) is 0. The number of aryl methyl sites for hydroxylation is 1. The Kier molecular flexibility index (Phi) is 11.0. The van der Waals surface area contributed by atoms with E-state index in [2.05, 4.69) is 60.5 Å². The van der Waals surface area contributed by atoms with Crippen LogP contribution < -0.4 is 4.90 Å². The van der Waals surface area contributed by atoms with E-state index in [1.807, 2.05) is 16.7 Å². The average molecular weight is 538 g/mol. The summed E-state index contributed by atoms with van der Waals surface area (Å²) in [6.45, 7) is 6.99. The number of fused-ring (bicyclic) bond motifs is 1. The predicted octanol–water partition coefficient (Wildman–Crippen LogP) is 5.99. The number of nitrogens with zero attached hydrogens (tertiary/aromatic N) is 3. The van der Waals surface area contributed by atoms with Crippen LogP contribution in [0.15, 0.2) is 52.3 Å². The van der Waals surface area contributed by atoms with E-state index >= 15 is 0 Å². The first-order chi connectivity index (χ1) is 16.1. The second-order valence-corrected chi connectivity index (χ2v) is 11.1. The highest BCUT2D eigenvalue weighted by atomic mass is 35.5. The Morgan fingerprint density at radius 2 is 1.94 bits per heavy atom. The molecule has 34 heavy (non-hydrogen) atoms. The highest BCUT2D eigenvalue weighted by Crippen LogP contribution is 2.34. The molecule has 184 valence electrons. The molecule has 1 aliphatic rings. The van der Waals surface area contributed by atoms with Gasteiger partial charge in [0.2, 0.25) is 5.91 Å². The number of rotatable bonds is 10. The SMILES string of the molecule is CSc1cccc2sc(N(CCN3CCOCC3)C(=O)CCCSc3ccc(C)cc3)nc12.Cl. The van der Waals surface area contributed by atoms with Crippen LogP contribution in [0.3, 0.4) is 0 Å². The standard InChI is InChI=1S/C25H31N3O2S3.ClH/c1-19-8-10-20(11-9-19)32-18-4-7-23(29)28(13-12-27-14-16-30-17-15-27)25-26-24-21(31-2)5-3-6-22(24)33-25;/h3,5-6,8-11H,4,7,12-18H2,1-2H3;1H. The third kappa shape index (κ3) is 7.35. The van der Waals surface area contributed by atoms with E-state index in [0.29, 0.717) is 13.0 Å². The van der Waals surface area contributed by atoms with Crippen molar-refractivity contribution in [1.29, 1.82) is 0 Å². The van der Waals surface area contributed by atoms with Gasteiger partial charge in [0.05, 0.1) is 23.4 Å². The molecule has 1 saturated heterocycles. The molecule has 5 nitrogen and oxygen atoms in total. The molecule has 2 aromatic carbocycles. The van der Waals surface area contributed by atoms with Gasteiger partial charge in [0.15, 0.2) is 5.13 Å². The van der Waals surface area contributed by atoms with Crippen molar-refractivity contribution in [2.45, 2.75) is 29.6 Å². The average Bonchev–Trinajstić information content (AvgIpc) is 3.28. The topological polar surface area (TPSA) is 45.7 Å². The predicted molar refractivity (Wildman–Crippen MR) is 149 cm³/mol. The van der Waals surface area contributed by atoms with E-state index < -0.39 is 0 Å². The van der Waals surface area contributed by atoms with E-state index in [0.717, 1.165) is 65.3 Å². The van der Waals surface area contributed by atoms with E-state index in [1.54, 1.807) is 23.1 Å². The fourth-order valence-electron chi connectivity index (χ4n) is 3.77. The molecular formula is C25H32ClN3O2S3. The number of hydrogen-bond donors (Lipinski definition) is 0. The number of carbonyl (C=O) groups excluding carboxylic acids is 1. The molecule has 1 amide bonds. The molecule has 0 radical (unpaired) electrons. The first-order valence-corrected chi connectivity index (χ1v) is 14.4. The minimum Gasteiger partial charge on any atom is -0.379 e. The number of benzene rings is 2. The van der Waals surface area contributed by atoms with Gasteiger partial charge in [-0.05, 0) is 49.6 Å². The number of hydrogen-bond acceptors (Lipinski definition) is 7. The molecule has 9 heteroatoms. The molecule has 0 bridgehead atoms.